The maximum atomic E-state index is 13.9. The van der Waals surface area contributed by atoms with Crippen molar-refractivity contribution in [2.24, 2.45) is 0 Å². The van der Waals surface area contributed by atoms with Crippen molar-refractivity contribution in [3.05, 3.63) is 155 Å². The fourth-order valence-electron chi connectivity index (χ4n) is 8.45. The summed E-state index contributed by atoms with van der Waals surface area (Å²) < 4.78 is 0. The average Bonchev–Trinajstić information content (AvgIpc) is 4.08. The summed E-state index contributed by atoms with van der Waals surface area (Å²) in [5.41, 5.74) is 7.66. The molecular formula is C48H50N8O2. The molecule has 4 heterocycles. The van der Waals surface area contributed by atoms with Crippen molar-refractivity contribution < 1.29 is 9.59 Å². The number of likely N-dealkylation sites (N-methyl/N-ethyl adjacent to an activating group) is 2. The fraction of sp³-hybridized carbons (Fsp3) is 0.292. The Hall–Kier alpha value is -6.28. The third-order valence-electron chi connectivity index (χ3n) is 11.4. The lowest BCUT2D eigenvalue weighted by molar-refractivity contribution is -0.138. The van der Waals surface area contributed by atoms with Gasteiger partial charge in [-0.05, 0) is 100 Å². The number of benzene rings is 4. The van der Waals surface area contributed by atoms with Crippen LogP contribution in [-0.2, 0) is 9.59 Å². The van der Waals surface area contributed by atoms with Crippen molar-refractivity contribution in [2.75, 3.05) is 41.3 Å². The molecule has 10 heteroatoms. The molecule has 4 atom stereocenters. The van der Waals surface area contributed by atoms with Gasteiger partial charge in [0.05, 0.1) is 35.9 Å². The van der Waals surface area contributed by atoms with Gasteiger partial charge in [-0.1, -0.05) is 96.8 Å². The predicted octanol–water partition coefficient (Wildman–Crippen LogP) is 7.80. The van der Waals surface area contributed by atoms with Crippen molar-refractivity contribution in [1.82, 2.24) is 39.5 Å². The monoisotopic (exact) mass is 770 g/mol. The number of rotatable bonds is 10. The third-order valence-corrected chi connectivity index (χ3v) is 11.4. The molecule has 8 rings (SSSR count). The standard InChI is InChI=1S/C48H50N8O2/c1-53(2)43(37-13-7-5-8-14-37)47(57)55-29-11-17-41(55)45-49-31-39(51-45)35-25-21-33(22-26-35)19-20-34-23-27-36(28-24-34)40-32-50-46(52-40)42-18-12-30-56(42)48(58)44(54(3)4)38-15-9-6-10-16-38/h5-10,13-16,21-28,31-32,41-44H,11-12,17-18,29-30H2,1-4H3,(H,49,51)(H,50,52). The first-order valence-corrected chi connectivity index (χ1v) is 20.1. The summed E-state index contributed by atoms with van der Waals surface area (Å²) in [4.78, 5) is 52.3. The first kappa shape index (κ1) is 38.6. The topological polar surface area (TPSA) is 104 Å². The second-order valence-electron chi connectivity index (χ2n) is 15.7. The lowest BCUT2D eigenvalue weighted by Crippen LogP contribution is -2.40. The molecule has 2 aliphatic heterocycles. The summed E-state index contributed by atoms with van der Waals surface area (Å²) in [6, 6.07) is 35.4. The molecule has 2 aliphatic rings. The number of carbonyl (C=O) groups is 2. The fourth-order valence-corrected chi connectivity index (χ4v) is 8.45. The SMILES string of the molecule is CN(C)C(C(=O)N1CCCC1c1ncc(-c2ccc(C#Cc3ccc(-c4cnc(C5CCCN5C(=O)C(c5ccccc5)N(C)C)[nH]4)cc3)cc2)[nH]1)c1ccccc1. The Balaban J connectivity index is 0.902. The molecule has 2 N–H and O–H groups in total. The van der Waals surface area contributed by atoms with Crippen LogP contribution in [0.5, 0.6) is 0 Å². The molecule has 58 heavy (non-hydrogen) atoms. The predicted molar refractivity (Wildman–Crippen MR) is 227 cm³/mol. The summed E-state index contributed by atoms with van der Waals surface area (Å²) in [5, 5.41) is 0. The number of aromatic amines is 2. The minimum Gasteiger partial charge on any atom is -0.340 e. The Bertz CT molecular complexity index is 2220. The van der Waals surface area contributed by atoms with Crippen LogP contribution in [0.2, 0.25) is 0 Å². The van der Waals surface area contributed by atoms with Gasteiger partial charge in [0.2, 0.25) is 11.8 Å². The lowest BCUT2D eigenvalue weighted by Gasteiger charge is -2.31. The van der Waals surface area contributed by atoms with Crippen molar-refractivity contribution in [3.63, 3.8) is 0 Å². The number of nitrogens with zero attached hydrogens (tertiary/aromatic N) is 6. The van der Waals surface area contributed by atoms with Crippen LogP contribution < -0.4 is 0 Å². The molecule has 6 aromatic rings. The van der Waals surface area contributed by atoms with Crippen molar-refractivity contribution in [3.8, 4) is 34.4 Å². The van der Waals surface area contributed by atoms with Crippen LogP contribution in [0, 0.1) is 11.8 Å². The van der Waals surface area contributed by atoms with E-state index in [-0.39, 0.29) is 36.0 Å². The Morgan fingerprint density at radius 2 is 0.966 bits per heavy atom. The van der Waals surface area contributed by atoms with Crippen LogP contribution >= 0.6 is 0 Å². The molecule has 4 unspecified atom stereocenters. The molecule has 2 saturated heterocycles. The van der Waals surface area contributed by atoms with E-state index in [9.17, 15) is 9.59 Å². The van der Waals surface area contributed by atoms with E-state index in [2.05, 4.69) is 46.1 Å². The molecule has 2 aromatic heterocycles. The Labute approximate surface area is 340 Å². The van der Waals surface area contributed by atoms with Gasteiger partial charge in [-0.3, -0.25) is 19.4 Å². The number of aromatic nitrogens is 4. The van der Waals surface area contributed by atoms with Gasteiger partial charge < -0.3 is 19.8 Å². The second kappa shape index (κ2) is 17.1. The quantitative estimate of drug-likeness (QED) is 0.138. The number of imidazole rings is 2. The third kappa shape index (κ3) is 8.10. The van der Waals surface area contributed by atoms with E-state index < -0.39 is 0 Å². The number of hydrogen-bond donors (Lipinski definition) is 2. The molecule has 294 valence electrons. The maximum Gasteiger partial charge on any atom is 0.245 e. The van der Waals surface area contributed by atoms with Crippen LogP contribution in [0.1, 0.15) is 83.8 Å². The molecule has 4 aromatic carbocycles. The molecule has 0 spiro atoms. The first-order valence-electron chi connectivity index (χ1n) is 20.1. The molecule has 0 bridgehead atoms. The highest BCUT2D eigenvalue weighted by atomic mass is 16.2. The highest BCUT2D eigenvalue weighted by molar-refractivity contribution is 5.84. The normalized spacial score (nSPS) is 17.7. The Morgan fingerprint density at radius 3 is 1.33 bits per heavy atom. The maximum absolute atomic E-state index is 13.9. The van der Waals surface area contributed by atoms with Gasteiger partial charge in [-0.25, -0.2) is 9.97 Å². The molecule has 2 amide bonds. The van der Waals surface area contributed by atoms with E-state index in [4.69, 9.17) is 9.97 Å². The summed E-state index contributed by atoms with van der Waals surface area (Å²) in [6.45, 7) is 1.43. The minimum absolute atomic E-state index is 0.0889. The highest BCUT2D eigenvalue weighted by Gasteiger charge is 2.38. The van der Waals surface area contributed by atoms with E-state index in [1.54, 1.807) is 0 Å². The summed E-state index contributed by atoms with van der Waals surface area (Å²) >= 11 is 0. The van der Waals surface area contributed by atoms with Crippen LogP contribution in [-0.4, -0.2) is 92.6 Å². The number of hydrogen-bond acceptors (Lipinski definition) is 6. The molecule has 2 fully saturated rings. The smallest absolute Gasteiger partial charge is 0.245 e. The van der Waals surface area contributed by atoms with Crippen LogP contribution in [0.4, 0.5) is 0 Å². The summed E-state index contributed by atoms with van der Waals surface area (Å²) in [7, 11) is 7.82. The zero-order valence-electron chi connectivity index (χ0n) is 33.6. The van der Waals surface area contributed by atoms with Crippen LogP contribution in [0.15, 0.2) is 122 Å². The molecule has 0 saturated carbocycles. The number of carbonyl (C=O) groups excluding carboxylic acids is 2. The van der Waals surface area contributed by atoms with E-state index in [1.165, 1.54) is 0 Å². The van der Waals surface area contributed by atoms with Crippen LogP contribution in [0.3, 0.4) is 0 Å². The summed E-state index contributed by atoms with van der Waals surface area (Å²) in [5.74, 6) is 8.44. The van der Waals surface area contributed by atoms with Gasteiger partial charge >= 0.3 is 0 Å². The zero-order valence-corrected chi connectivity index (χ0v) is 33.6. The van der Waals surface area contributed by atoms with Gasteiger partial charge in [-0.15, -0.1) is 0 Å². The number of H-pyrrole nitrogens is 2. The largest absolute Gasteiger partial charge is 0.340 e. The zero-order chi connectivity index (χ0) is 40.2. The second-order valence-corrected chi connectivity index (χ2v) is 15.7. The minimum atomic E-state index is -0.345. The van der Waals surface area contributed by atoms with Crippen molar-refractivity contribution in [2.45, 2.75) is 49.9 Å². The van der Waals surface area contributed by atoms with Crippen LogP contribution in [0.25, 0.3) is 22.5 Å². The number of nitrogens with one attached hydrogen (secondary N) is 2. The van der Waals surface area contributed by atoms with E-state index in [1.807, 2.05) is 145 Å². The average molecular weight is 771 g/mol. The molecular weight excluding hydrogens is 721 g/mol. The lowest BCUT2D eigenvalue weighted by atomic mass is 10.0. The van der Waals surface area contributed by atoms with E-state index >= 15 is 0 Å². The van der Waals surface area contributed by atoms with Gasteiger partial charge in [0.1, 0.15) is 23.7 Å². The van der Waals surface area contributed by atoms with Gasteiger partial charge in [0, 0.05) is 24.2 Å². The van der Waals surface area contributed by atoms with Crippen molar-refractivity contribution in [1.29, 1.82) is 0 Å². The number of likely N-dealkylation sites (tertiary alicyclic amines) is 2. The Morgan fingerprint density at radius 1 is 0.586 bits per heavy atom. The van der Waals surface area contributed by atoms with Gasteiger partial charge in [0.25, 0.3) is 0 Å². The summed E-state index contributed by atoms with van der Waals surface area (Å²) in [6.07, 6.45) is 7.35. The number of amides is 2. The Kier molecular flexibility index (Phi) is 11.4. The van der Waals surface area contributed by atoms with Gasteiger partial charge in [0.15, 0.2) is 0 Å². The highest BCUT2D eigenvalue weighted by Crippen LogP contribution is 2.36. The van der Waals surface area contributed by atoms with E-state index in [0.717, 1.165) is 82.1 Å². The molecule has 0 aliphatic carbocycles. The molecule has 0 radical (unpaired) electrons. The first-order chi connectivity index (χ1) is 28.2. The van der Waals surface area contributed by atoms with Crippen molar-refractivity contribution >= 4 is 11.8 Å². The van der Waals surface area contributed by atoms with E-state index in [0.29, 0.717) is 13.1 Å². The van der Waals surface area contributed by atoms with Gasteiger partial charge in [-0.2, -0.15) is 0 Å². The molecule has 10 nitrogen and oxygen atoms in total.